The van der Waals surface area contributed by atoms with E-state index in [4.69, 9.17) is 9.94 Å². The van der Waals surface area contributed by atoms with Crippen LogP contribution in [0, 0.1) is 0 Å². The fraction of sp³-hybridized carbons (Fsp3) is 0.667. The minimum atomic E-state index is -1.11. The van der Waals surface area contributed by atoms with Crippen molar-refractivity contribution in [3.63, 3.8) is 0 Å². The van der Waals surface area contributed by atoms with Gasteiger partial charge in [0, 0.05) is 24.2 Å². The molecule has 2 saturated heterocycles. The molecular weight excluding hydrogens is 480 g/mol. The molecule has 1 aliphatic carbocycles. The summed E-state index contributed by atoms with van der Waals surface area (Å²) in [5, 5.41) is 12.8. The molecule has 8 nitrogen and oxygen atoms in total. The van der Waals surface area contributed by atoms with E-state index in [9.17, 15) is 9.59 Å². The van der Waals surface area contributed by atoms with E-state index in [2.05, 4.69) is 15.0 Å². The molecule has 0 spiro atoms. The van der Waals surface area contributed by atoms with Gasteiger partial charge in [-0.3, -0.25) is 9.69 Å². The monoisotopic (exact) mass is 522 g/mol. The lowest BCUT2D eigenvalue weighted by Gasteiger charge is -2.53. The van der Waals surface area contributed by atoms with Crippen molar-refractivity contribution < 1.29 is 14.7 Å². The number of carboxylic acids is 1. The number of para-hydroxylation sites is 2. The Kier molecular flexibility index (Phi) is 8.77. The van der Waals surface area contributed by atoms with E-state index < -0.39 is 12.6 Å². The number of hydrogen-bond acceptors (Lipinski definition) is 6. The lowest BCUT2D eigenvalue weighted by molar-refractivity contribution is -0.142. The number of aromatic nitrogens is 2. The van der Waals surface area contributed by atoms with E-state index >= 15 is 0 Å². The third kappa shape index (κ3) is 5.95. The largest absolute Gasteiger partial charge is 0.479 e. The quantitative estimate of drug-likeness (QED) is 0.388. The van der Waals surface area contributed by atoms with E-state index in [0.717, 1.165) is 23.9 Å². The maximum absolute atomic E-state index is 13.9. The highest BCUT2D eigenvalue weighted by Crippen LogP contribution is 2.42. The summed E-state index contributed by atoms with van der Waals surface area (Å²) in [6, 6.07) is 9.61. The number of piperidine rings is 2. The van der Waals surface area contributed by atoms with Gasteiger partial charge in [0.05, 0.1) is 11.0 Å². The Bertz CT molecular complexity index is 1180. The van der Waals surface area contributed by atoms with Gasteiger partial charge >= 0.3 is 5.97 Å². The standard InChI is InChI=1S/C30H42N4O4/c1-21(32-38-20-28(35)36)29-30(37)34(27-17-10-9-16-26(27)31-29)25-18-23-14-11-15-24(19-25)33(23)22-12-7-5-3-2-4-6-8-13-22/h9-10,16-17,22-25H,2-8,11-15,18-20H2,1H3,(H,35,36)/b32-21+/t23-,24+,25?. The number of carboxylic acid groups (broad SMARTS) is 1. The first-order chi connectivity index (χ1) is 18.5. The molecule has 1 N–H and O–H groups in total. The summed E-state index contributed by atoms with van der Waals surface area (Å²) in [4.78, 5) is 37.2. The fourth-order valence-corrected chi connectivity index (χ4v) is 7.26. The number of hydrogen-bond donors (Lipinski definition) is 1. The van der Waals surface area contributed by atoms with Crippen molar-refractivity contribution in [3.8, 4) is 0 Å². The molecule has 38 heavy (non-hydrogen) atoms. The molecule has 3 atom stereocenters. The number of aliphatic carboxylic acids is 1. The number of carbonyl (C=O) groups is 1. The molecular formula is C30H42N4O4. The van der Waals surface area contributed by atoms with Gasteiger partial charge in [-0.2, -0.15) is 0 Å². The third-order valence-electron chi connectivity index (χ3n) is 8.89. The smallest absolute Gasteiger partial charge is 0.344 e. The lowest BCUT2D eigenvalue weighted by Crippen LogP contribution is -2.57. The third-order valence-corrected chi connectivity index (χ3v) is 8.89. The summed E-state index contributed by atoms with van der Waals surface area (Å²) in [5.74, 6) is -1.11. The number of benzene rings is 1. The van der Waals surface area contributed by atoms with E-state index in [1.807, 2.05) is 28.8 Å². The van der Waals surface area contributed by atoms with Gasteiger partial charge in [0.2, 0.25) is 6.61 Å². The highest BCUT2D eigenvalue weighted by atomic mass is 16.6. The number of oxime groups is 1. The molecule has 0 amide bonds. The van der Waals surface area contributed by atoms with Crippen LogP contribution >= 0.6 is 0 Å². The van der Waals surface area contributed by atoms with Gasteiger partial charge in [0.1, 0.15) is 5.71 Å². The van der Waals surface area contributed by atoms with Crippen LogP contribution in [0.25, 0.3) is 11.0 Å². The van der Waals surface area contributed by atoms with Gasteiger partial charge in [-0.1, -0.05) is 68.7 Å². The summed E-state index contributed by atoms with van der Waals surface area (Å²) in [6.07, 6.45) is 17.8. The normalized spacial score (nSPS) is 26.2. The fourth-order valence-electron chi connectivity index (χ4n) is 7.26. The molecule has 0 radical (unpaired) electrons. The molecule has 206 valence electrons. The Labute approximate surface area is 225 Å². The predicted octanol–water partition coefficient (Wildman–Crippen LogP) is 5.67. The molecule has 1 saturated carbocycles. The maximum Gasteiger partial charge on any atom is 0.344 e. The zero-order valence-corrected chi connectivity index (χ0v) is 22.7. The zero-order chi connectivity index (χ0) is 26.5. The van der Waals surface area contributed by atoms with E-state index in [1.165, 1.54) is 77.0 Å². The molecule has 2 aromatic rings. The average Bonchev–Trinajstić information content (AvgIpc) is 2.90. The van der Waals surface area contributed by atoms with Crippen molar-refractivity contribution in [2.75, 3.05) is 6.61 Å². The second-order valence-corrected chi connectivity index (χ2v) is 11.5. The summed E-state index contributed by atoms with van der Waals surface area (Å²) < 4.78 is 1.96. The number of rotatable bonds is 6. The van der Waals surface area contributed by atoms with Crippen LogP contribution in [0.4, 0.5) is 0 Å². The molecule has 1 aromatic carbocycles. The molecule has 3 fully saturated rings. The van der Waals surface area contributed by atoms with Gasteiger partial charge in [0.15, 0.2) is 5.69 Å². The van der Waals surface area contributed by atoms with Crippen molar-refractivity contribution in [1.29, 1.82) is 0 Å². The van der Waals surface area contributed by atoms with Crippen LogP contribution < -0.4 is 5.56 Å². The topological polar surface area (TPSA) is 97.0 Å². The first kappa shape index (κ1) is 26.9. The summed E-state index contributed by atoms with van der Waals surface area (Å²) in [5.41, 5.74) is 1.97. The van der Waals surface area contributed by atoms with Crippen molar-refractivity contribution >= 4 is 22.7 Å². The average molecular weight is 523 g/mol. The zero-order valence-electron chi connectivity index (χ0n) is 22.7. The second-order valence-electron chi connectivity index (χ2n) is 11.5. The van der Waals surface area contributed by atoms with Crippen LogP contribution in [0.2, 0.25) is 0 Å². The first-order valence-electron chi connectivity index (χ1n) is 14.7. The Hall–Kier alpha value is -2.74. The second kappa shape index (κ2) is 12.4. The Balaban J connectivity index is 1.45. The van der Waals surface area contributed by atoms with Gasteiger partial charge in [-0.15, -0.1) is 0 Å². The summed E-state index contributed by atoms with van der Waals surface area (Å²) in [7, 11) is 0. The molecule has 2 aliphatic heterocycles. The van der Waals surface area contributed by atoms with Crippen molar-refractivity contribution in [3.05, 3.63) is 40.3 Å². The highest BCUT2D eigenvalue weighted by molar-refractivity contribution is 5.97. The SMILES string of the molecule is C/C(=N\OCC(=O)O)c1nc2ccccc2n(C2C[C@H]3CCC[C@@H](C2)N3C2CCCCCCCCC2)c1=O. The number of nitrogens with zero attached hydrogens (tertiary/aromatic N) is 4. The predicted molar refractivity (Wildman–Crippen MR) is 149 cm³/mol. The van der Waals surface area contributed by atoms with Crippen LogP contribution in [0.3, 0.4) is 0 Å². The van der Waals surface area contributed by atoms with Crippen molar-refractivity contribution in [2.45, 2.75) is 121 Å². The van der Waals surface area contributed by atoms with Crippen LogP contribution in [0.15, 0.2) is 34.2 Å². The summed E-state index contributed by atoms with van der Waals surface area (Å²) >= 11 is 0. The van der Waals surface area contributed by atoms with E-state index in [0.29, 0.717) is 23.8 Å². The Morgan fingerprint density at radius 2 is 1.53 bits per heavy atom. The lowest BCUT2D eigenvalue weighted by atomic mass is 9.79. The van der Waals surface area contributed by atoms with Crippen LogP contribution in [-0.2, 0) is 9.63 Å². The maximum atomic E-state index is 13.9. The molecule has 1 unspecified atom stereocenters. The Morgan fingerprint density at radius 3 is 2.18 bits per heavy atom. The Morgan fingerprint density at radius 1 is 0.921 bits per heavy atom. The minimum Gasteiger partial charge on any atom is -0.479 e. The van der Waals surface area contributed by atoms with Crippen LogP contribution in [0.1, 0.15) is 109 Å². The van der Waals surface area contributed by atoms with Gasteiger partial charge < -0.3 is 14.5 Å². The summed E-state index contributed by atoms with van der Waals surface area (Å²) in [6.45, 7) is 1.10. The molecule has 3 heterocycles. The van der Waals surface area contributed by atoms with Crippen LogP contribution in [-0.4, -0.2) is 56.0 Å². The van der Waals surface area contributed by atoms with Crippen molar-refractivity contribution in [1.82, 2.24) is 14.5 Å². The first-order valence-corrected chi connectivity index (χ1v) is 14.7. The molecule has 2 bridgehead atoms. The molecule has 8 heteroatoms. The van der Waals surface area contributed by atoms with Crippen molar-refractivity contribution in [2.24, 2.45) is 5.16 Å². The van der Waals surface area contributed by atoms with E-state index in [-0.39, 0.29) is 17.3 Å². The van der Waals surface area contributed by atoms with Gasteiger partial charge in [-0.25, -0.2) is 9.78 Å². The molecule has 1 aromatic heterocycles. The molecule has 5 rings (SSSR count). The van der Waals surface area contributed by atoms with E-state index in [1.54, 1.807) is 6.92 Å². The van der Waals surface area contributed by atoms with Gasteiger partial charge in [0.25, 0.3) is 5.56 Å². The highest BCUT2D eigenvalue weighted by Gasteiger charge is 2.42. The van der Waals surface area contributed by atoms with Crippen LogP contribution in [0.5, 0.6) is 0 Å². The number of fused-ring (bicyclic) bond motifs is 3. The molecule has 3 aliphatic rings. The minimum absolute atomic E-state index is 0.105. The van der Waals surface area contributed by atoms with Gasteiger partial charge in [-0.05, 0) is 57.6 Å².